The molecule has 2 rings (SSSR count). The Morgan fingerprint density at radius 2 is 2.10 bits per heavy atom. The summed E-state index contributed by atoms with van der Waals surface area (Å²) in [5.41, 5.74) is 1.05. The van der Waals surface area contributed by atoms with E-state index in [0.29, 0.717) is 6.54 Å². The Morgan fingerprint density at radius 3 is 2.65 bits per heavy atom. The number of hydrogen-bond acceptors (Lipinski definition) is 4. The van der Waals surface area contributed by atoms with E-state index in [-0.39, 0.29) is 17.6 Å². The van der Waals surface area contributed by atoms with E-state index >= 15 is 0 Å². The number of carbonyl (C=O) groups is 1. The SMILES string of the molecule is CC(c1ccc([N+](=O)[O-])cc1)N1CCCC(C(=O)O)C1. The maximum Gasteiger partial charge on any atom is 0.307 e. The monoisotopic (exact) mass is 278 g/mol. The molecule has 1 saturated heterocycles. The number of carboxylic acid groups (broad SMARTS) is 1. The Kier molecular flexibility index (Phi) is 4.34. The van der Waals surface area contributed by atoms with E-state index < -0.39 is 10.9 Å². The van der Waals surface area contributed by atoms with E-state index in [1.54, 1.807) is 12.1 Å². The molecule has 2 atom stereocenters. The van der Waals surface area contributed by atoms with Gasteiger partial charge < -0.3 is 5.11 Å². The molecule has 0 bridgehead atoms. The molecular formula is C14H18N2O4. The van der Waals surface area contributed by atoms with Gasteiger partial charge in [-0.2, -0.15) is 0 Å². The van der Waals surface area contributed by atoms with Gasteiger partial charge in [-0.1, -0.05) is 12.1 Å². The lowest BCUT2D eigenvalue weighted by atomic mass is 9.95. The third-order valence-corrected chi connectivity index (χ3v) is 3.94. The summed E-state index contributed by atoms with van der Waals surface area (Å²) in [6.07, 6.45) is 1.59. The van der Waals surface area contributed by atoms with Crippen LogP contribution in [0.2, 0.25) is 0 Å². The summed E-state index contributed by atoms with van der Waals surface area (Å²) < 4.78 is 0. The summed E-state index contributed by atoms with van der Waals surface area (Å²) in [6.45, 7) is 3.40. The molecule has 1 aliphatic heterocycles. The highest BCUT2D eigenvalue weighted by Gasteiger charge is 2.28. The number of likely N-dealkylation sites (tertiary alicyclic amines) is 1. The van der Waals surface area contributed by atoms with Crippen LogP contribution in [0.25, 0.3) is 0 Å². The summed E-state index contributed by atoms with van der Waals surface area (Å²) in [6, 6.07) is 6.54. The van der Waals surface area contributed by atoms with E-state index in [2.05, 4.69) is 4.90 Å². The molecule has 0 saturated carbocycles. The first kappa shape index (κ1) is 14.5. The second-order valence-corrected chi connectivity index (χ2v) is 5.20. The summed E-state index contributed by atoms with van der Waals surface area (Å²) in [4.78, 5) is 23.4. The van der Waals surface area contributed by atoms with Crippen molar-refractivity contribution in [1.29, 1.82) is 0 Å². The van der Waals surface area contributed by atoms with E-state index in [0.717, 1.165) is 24.9 Å². The molecule has 6 nitrogen and oxygen atoms in total. The number of piperidine rings is 1. The first-order chi connectivity index (χ1) is 9.49. The predicted octanol–water partition coefficient (Wildman–Crippen LogP) is 2.45. The molecule has 6 heteroatoms. The fourth-order valence-electron chi connectivity index (χ4n) is 2.65. The Bertz CT molecular complexity index is 500. The number of non-ortho nitro benzene ring substituents is 1. The fraction of sp³-hybridized carbons (Fsp3) is 0.500. The molecule has 1 heterocycles. The van der Waals surface area contributed by atoms with Crippen molar-refractivity contribution in [2.45, 2.75) is 25.8 Å². The van der Waals surface area contributed by atoms with Crippen LogP contribution in [-0.4, -0.2) is 34.0 Å². The smallest absolute Gasteiger partial charge is 0.307 e. The molecule has 0 spiro atoms. The lowest BCUT2D eigenvalue weighted by Crippen LogP contribution is -2.40. The molecule has 20 heavy (non-hydrogen) atoms. The minimum Gasteiger partial charge on any atom is -0.481 e. The second kappa shape index (κ2) is 6.00. The number of nitrogens with zero attached hydrogens (tertiary/aromatic N) is 2. The fourth-order valence-corrected chi connectivity index (χ4v) is 2.65. The lowest BCUT2D eigenvalue weighted by Gasteiger charge is -2.35. The number of nitro benzene ring substituents is 1. The van der Waals surface area contributed by atoms with Crippen molar-refractivity contribution in [3.63, 3.8) is 0 Å². The Hall–Kier alpha value is -1.95. The lowest BCUT2D eigenvalue weighted by molar-refractivity contribution is -0.384. The molecule has 108 valence electrons. The van der Waals surface area contributed by atoms with Crippen molar-refractivity contribution in [3.8, 4) is 0 Å². The van der Waals surface area contributed by atoms with Gasteiger partial charge in [-0.05, 0) is 31.9 Å². The van der Waals surface area contributed by atoms with Crippen LogP contribution < -0.4 is 0 Å². The maximum absolute atomic E-state index is 11.1. The molecule has 0 aromatic heterocycles. The van der Waals surface area contributed by atoms with Gasteiger partial charge in [0.15, 0.2) is 0 Å². The Balaban J connectivity index is 2.08. The van der Waals surface area contributed by atoms with Crippen molar-refractivity contribution in [1.82, 2.24) is 4.90 Å². The van der Waals surface area contributed by atoms with Crippen LogP contribution in [0.1, 0.15) is 31.4 Å². The molecule has 1 aliphatic rings. The first-order valence-corrected chi connectivity index (χ1v) is 6.70. The minimum atomic E-state index is -0.745. The van der Waals surface area contributed by atoms with Crippen LogP contribution in [0.5, 0.6) is 0 Å². The second-order valence-electron chi connectivity index (χ2n) is 5.20. The van der Waals surface area contributed by atoms with Gasteiger partial charge in [-0.3, -0.25) is 19.8 Å². The van der Waals surface area contributed by atoms with Gasteiger partial charge in [0.25, 0.3) is 5.69 Å². The van der Waals surface area contributed by atoms with Gasteiger partial charge in [0, 0.05) is 24.7 Å². The molecular weight excluding hydrogens is 260 g/mol. The number of nitro groups is 1. The molecule has 0 radical (unpaired) electrons. The number of aliphatic carboxylic acids is 1. The molecule has 1 fully saturated rings. The third kappa shape index (κ3) is 3.14. The van der Waals surface area contributed by atoms with Gasteiger partial charge in [0.1, 0.15) is 0 Å². The van der Waals surface area contributed by atoms with Crippen LogP contribution in [0, 0.1) is 16.0 Å². The van der Waals surface area contributed by atoms with Gasteiger partial charge >= 0.3 is 5.97 Å². The normalized spacial score (nSPS) is 21.4. The van der Waals surface area contributed by atoms with E-state index in [1.807, 2.05) is 6.92 Å². The predicted molar refractivity (Wildman–Crippen MR) is 73.4 cm³/mol. The average Bonchev–Trinajstić information content (AvgIpc) is 2.46. The van der Waals surface area contributed by atoms with Crippen molar-refractivity contribution in [3.05, 3.63) is 39.9 Å². The largest absolute Gasteiger partial charge is 0.481 e. The van der Waals surface area contributed by atoms with Crippen molar-refractivity contribution in [2.75, 3.05) is 13.1 Å². The van der Waals surface area contributed by atoms with Crippen molar-refractivity contribution < 1.29 is 14.8 Å². The first-order valence-electron chi connectivity index (χ1n) is 6.70. The molecule has 0 aliphatic carbocycles. The quantitative estimate of drug-likeness (QED) is 0.675. The Morgan fingerprint density at radius 1 is 1.45 bits per heavy atom. The summed E-state index contributed by atoms with van der Waals surface area (Å²) >= 11 is 0. The highest BCUT2D eigenvalue weighted by atomic mass is 16.6. The summed E-state index contributed by atoms with van der Waals surface area (Å²) in [7, 11) is 0. The number of rotatable bonds is 4. The van der Waals surface area contributed by atoms with E-state index in [1.165, 1.54) is 12.1 Å². The maximum atomic E-state index is 11.1. The minimum absolute atomic E-state index is 0.0676. The summed E-state index contributed by atoms with van der Waals surface area (Å²) in [5.74, 6) is -1.06. The van der Waals surface area contributed by atoms with Crippen LogP contribution in [0.4, 0.5) is 5.69 Å². The zero-order chi connectivity index (χ0) is 14.7. The van der Waals surface area contributed by atoms with Crippen LogP contribution in [-0.2, 0) is 4.79 Å². The topological polar surface area (TPSA) is 83.7 Å². The van der Waals surface area contributed by atoms with E-state index in [4.69, 9.17) is 5.11 Å². The third-order valence-electron chi connectivity index (χ3n) is 3.94. The number of hydrogen-bond donors (Lipinski definition) is 1. The average molecular weight is 278 g/mol. The molecule has 0 amide bonds. The highest BCUT2D eigenvalue weighted by Crippen LogP contribution is 2.27. The zero-order valence-electron chi connectivity index (χ0n) is 11.4. The standard InChI is InChI=1S/C14H18N2O4/c1-10(11-4-6-13(7-5-11)16(19)20)15-8-2-3-12(9-15)14(17)18/h4-7,10,12H,2-3,8-9H2,1H3,(H,17,18). The molecule has 1 aromatic carbocycles. The van der Waals surface area contributed by atoms with Crippen molar-refractivity contribution in [2.24, 2.45) is 5.92 Å². The van der Waals surface area contributed by atoms with Crippen molar-refractivity contribution >= 4 is 11.7 Å². The zero-order valence-corrected chi connectivity index (χ0v) is 11.4. The number of benzene rings is 1. The van der Waals surface area contributed by atoms with Crippen LogP contribution >= 0.6 is 0 Å². The van der Waals surface area contributed by atoms with E-state index in [9.17, 15) is 14.9 Å². The van der Waals surface area contributed by atoms with Gasteiger partial charge in [0.05, 0.1) is 10.8 Å². The van der Waals surface area contributed by atoms with Crippen LogP contribution in [0.15, 0.2) is 24.3 Å². The Labute approximate surface area is 117 Å². The van der Waals surface area contributed by atoms with Crippen LogP contribution in [0.3, 0.4) is 0 Å². The highest BCUT2D eigenvalue weighted by molar-refractivity contribution is 5.70. The molecule has 1 aromatic rings. The molecule has 2 unspecified atom stereocenters. The van der Waals surface area contributed by atoms with Gasteiger partial charge in [0.2, 0.25) is 0 Å². The molecule has 1 N–H and O–H groups in total. The van der Waals surface area contributed by atoms with Gasteiger partial charge in [-0.25, -0.2) is 0 Å². The summed E-state index contributed by atoms with van der Waals surface area (Å²) in [5, 5.41) is 19.7. The number of carboxylic acids is 1. The van der Waals surface area contributed by atoms with Gasteiger partial charge in [-0.15, -0.1) is 0 Å².